The summed E-state index contributed by atoms with van der Waals surface area (Å²) >= 11 is 2.18. The summed E-state index contributed by atoms with van der Waals surface area (Å²) in [5.41, 5.74) is -0.174. The third-order valence-electron chi connectivity index (χ3n) is 4.93. The van der Waals surface area contributed by atoms with Gasteiger partial charge in [-0.1, -0.05) is 19.8 Å². The Balaban J connectivity index is 1.68. The molecule has 2 atom stereocenters. The zero-order chi connectivity index (χ0) is 17.3. The quantitative estimate of drug-likeness (QED) is 0.560. The molecule has 2 fully saturated rings. The number of amides is 4. The lowest BCUT2D eigenvalue weighted by atomic mass is 9.73. The van der Waals surface area contributed by atoms with E-state index in [-0.39, 0.29) is 24.3 Å². The van der Waals surface area contributed by atoms with Crippen molar-refractivity contribution < 1.29 is 14.4 Å². The maximum absolute atomic E-state index is 12.8. The molecular formula is C17H20IN3O3. The van der Waals surface area contributed by atoms with Gasteiger partial charge in [0.15, 0.2) is 0 Å². The first-order chi connectivity index (χ1) is 11.4. The van der Waals surface area contributed by atoms with E-state index in [4.69, 9.17) is 0 Å². The van der Waals surface area contributed by atoms with Crippen molar-refractivity contribution in [3.8, 4) is 0 Å². The summed E-state index contributed by atoms with van der Waals surface area (Å²) in [6.07, 6.45) is 3.54. The fourth-order valence-corrected chi connectivity index (χ4v) is 3.88. The largest absolute Gasteiger partial charge is 0.325 e. The Morgan fingerprint density at radius 1 is 1.33 bits per heavy atom. The number of nitrogens with one attached hydrogen (secondary N) is 2. The minimum absolute atomic E-state index is 0.0898. The van der Waals surface area contributed by atoms with Crippen LogP contribution in [-0.4, -0.2) is 34.8 Å². The molecule has 1 aliphatic heterocycles. The van der Waals surface area contributed by atoms with Gasteiger partial charge in [-0.3, -0.25) is 14.5 Å². The van der Waals surface area contributed by atoms with Crippen molar-refractivity contribution in [2.75, 3.05) is 11.9 Å². The number of nitrogens with zero attached hydrogens (tertiary/aromatic N) is 1. The van der Waals surface area contributed by atoms with Crippen LogP contribution >= 0.6 is 22.6 Å². The monoisotopic (exact) mass is 441 g/mol. The highest BCUT2D eigenvalue weighted by Crippen LogP contribution is 2.38. The van der Waals surface area contributed by atoms with Crippen LogP contribution in [0.2, 0.25) is 0 Å². The van der Waals surface area contributed by atoms with Crippen molar-refractivity contribution in [2.45, 2.75) is 38.1 Å². The molecule has 0 unspecified atom stereocenters. The van der Waals surface area contributed by atoms with Crippen LogP contribution in [-0.2, 0) is 9.59 Å². The predicted octanol–water partition coefficient (Wildman–Crippen LogP) is 2.73. The number of rotatable bonds is 3. The highest BCUT2D eigenvalue weighted by atomic mass is 127. The Hall–Kier alpha value is -1.64. The zero-order valence-corrected chi connectivity index (χ0v) is 15.6. The van der Waals surface area contributed by atoms with Crippen molar-refractivity contribution in [2.24, 2.45) is 5.92 Å². The number of imide groups is 1. The number of hydrogen-bond acceptors (Lipinski definition) is 3. The molecular weight excluding hydrogens is 421 g/mol. The summed E-state index contributed by atoms with van der Waals surface area (Å²) in [5.74, 6) is -0.551. The van der Waals surface area contributed by atoms with Gasteiger partial charge in [-0.05, 0) is 65.6 Å². The lowest BCUT2D eigenvalue weighted by Crippen LogP contribution is -2.54. The Morgan fingerprint density at radius 2 is 2.04 bits per heavy atom. The van der Waals surface area contributed by atoms with E-state index < -0.39 is 11.6 Å². The van der Waals surface area contributed by atoms with E-state index in [0.717, 1.165) is 27.7 Å². The van der Waals surface area contributed by atoms with E-state index in [1.807, 2.05) is 19.1 Å². The second-order valence-electron chi connectivity index (χ2n) is 6.49. The van der Waals surface area contributed by atoms with Gasteiger partial charge in [0.25, 0.3) is 5.91 Å². The van der Waals surface area contributed by atoms with E-state index in [2.05, 4.69) is 33.2 Å². The molecule has 2 aliphatic rings. The molecule has 7 heteroatoms. The smallest absolute Gasteiger partial charge is 0.325 e. The van der Waals surface area contributed by atoms with Gasteiger partial charge in [0.1, 0.15) is 12.1 Å². The number of carbonyl (C=O) groups excluding carboxylic acids is 3. The first kappa shape index (κ1) is 17.2. The van der Waals surface area contributed by atoms with Crippen LogP contribution in [0.25, 0.3) is 0 Å². The normalized spacial score (nSPS) is 26.6. The average Bonchev–Trinajstić information content (AvgIpc) is 2.78. The minimum Gasteiger partial charge on any atom is -0.325 e. The molecule has 0 aromatic heterocycles. The lowest BCUT2D eigenvalue weighted by molar-refractivity contribution is -0.136. The summed E-state index contributed by atoms with van der Waals surface area (Å²) in [6.45, 7) is 1.73. The van der Waals surface area contributed by atoms with Crippen LogP contribution in [0.1, 0.15) is 32.6 Å². The summed E-state index contributed by atoms with van der Waals surface area (Å²) < 4.78 is 1.06. The molecule has 4 amide bonds. The molecule has 0 bridgehead atoms. The fourth-order valence-electron chi connectivity index (χ4n) is 3.52. The molecule has 1 saturated carbocycles. The number of benzene rings is 1. The summed E-state index contributed by atoms with van der Waals surface area (Å²) in [4.78, 5) is 38.3. The van der Waals surface area contributed by atoms with Crippen molar-refractivity contribution in [3.05, 3.63) is 27.8 Å². The van der Waals surface area contributed by atoms with Crippen molar-refractivity contribution >= 4 is 46.1 Å². The third kappa shape index (κ3) is 3.13. The average molecular weight is 441 g/mol. The molecule has 3 rings (SSSR count). The van der Waals surface area contributed by atoms with E-state index in [0.29, 0.717) is 12.1 Å². The molecule has 0 radical (unpaired) electrons. The molecule has 6 nitrogen and oxygen atoms in total. The van der Waals surface area contributed by atoms with E-state index in [9.17, 15) is 14.4 Å². The highest BCUT2D eigenvalue weighted by Gasteiger charge is 2.55. The number of anilines is 1. The van der Waals surface area contributed by atoms with Crippen LogP contribution in [0.15, 0.2) is 24.3 Å². The first-order valence-electron chi connectivity index (χ1n) is 8.12. The van der Waals surface area contributed by atoms with Crippen molar-refractivity contribution in [3.63, 3.8) is 0 Å². The van der Waals surface area contributed by atoms with Crippen LogP contribution in [0.4, 0.5) is 10.5 Å². The summed E-state index contributed by atoms with van der Waals surface area (Å²) in [5, 5.41) is 5.58. The second kappa shape index (κ2) is 6.70. The standard InChI is InChI=1S/C17H20IN3O3/c1-11-4-2-3-9-17(11)15(23)21(16(24)20-17)10-14(22)19-13-7-5-12(18)6-8-13/h5-8,11H,2-4,9-10H2,1H3,(H,19,22)(H,20,24)/t11-,17+/m0/s1. The van der Waals surface area contributed by atoms with Crippen molar-refractivity contribution in [1.29, 1.82) is 0 Å². The fraction of sp³-hybridized carbons (Fsp3) is 0.471. The predicted molar refractivity (Wildman–Crippen MR) is 98.4 cm³/mol. The molecule has 1 heterocycles. The van der Waals surface area contributed by atoms with Gasteiger partial charge in [0, 0.05) is 9.26 Å². The van der Waals surface area contributed by atoms with Crippen LogP contribution in [0.5, 0.6) is 0 Å². The van der Waals surface area contributed by atoms with E-state index >= 15 is 0 Å². The van der Waals surface area contributed by atoms with Gasteiger partial charge < -0.3 is 10.6 Å². The lowest BCUT2D eigenvalue weighted by Gasteiger charge is -2.36. The molecule has 1 aromatic carbocycles. The van der Waals surface area contributed by atoms with Gasteiger partial charge >= 0.3 is 6.03 Å². The second-order valence-corrected chi connectivity index (χ2v) is 7.74. The van der Waals surface area contributed by atoms with Gasteiger partial charge in [0.05, 0.1) is 0 Å². The molecule has 1 saturated heterocycles. The summed E-state index contributed by atoms with van der Waals surface area (Å²) in [6, 6.07) is 6.86. The molecule has 128 valence electrons. The van der Waals surface area contributed by atoms with Crippen LogP contribution in [0, 0.1) is 9.49 Å². The van der Waals surface area contributed by atoms with Crippen molar-refractivity contribution in [1.82, 2.24) is 10.2 Å². The molecule has 1 spiro atoms. The van der Waals surface area contributed by atoms with Crippen LogP contribution in [0.3, 0.4) is 0 Å². The van der Waals surface area contributed by atoms with Gasteiger partial charge in [0.2, 0.25) is 5.91 Å². The maximum atomic E-state index is 12.8. The zero-order valence-electron chi connectivity index (χ0n) is 13.5. The molecule has 24 heavy (non-hydrogen) atoms. The van der Waals surface area contributed by atoms with Gasteiger partial charge in [-0.2, -0.15) is 0 Å². The Labute approximate surface area is 154 Å². The van der Waals surface area contributed by atoms with Gasteiger partial charge in [-0.25, -0.2) is 4.79 Å². The number of halogens is 1. The maximum Gasteiger partial charge on any atom is 0.325 e. The summed E-state index contributed by atoms with van der Waals surface area (Å²) in [7, 11) is 0. The first-order valence-corrected chi connectivity index (χ1v) is 9.20. The molecule has 1 aliphatic carbocycles. The number of hydrogen-bond donors (Lipinski definition) is 2. The number of urea groups is 1. The number of carbonyl (C=O) groups is 3. The Morgan fingerprint density at radius 3 is 2.71 bits per heavy atom. The Bertz CT molecular complexity index is 676. The molecule has 1 aromatic rings. The SMILES string of the molecule is C[C@H]1CCCC[C@@]12NC(=O)N(CC(=O)Nc1ccc(I)cc1)C2=O. The third-order valence-corrected chi connectivity index (χ3v) is 5.65. The van der Waals surface area contributed by atoms with Gasteiger partial charge in [-0.15, -0.1) is 0 Å². The molecule has 2 N–H and O–H groups in total. The van der Waals surface area contributed by atoms with Crippen LogP contribution < -0.4 is 10.6 Å². The highest BCUT2D eigenvalue weighted by molar-refractivity contribution is 14.1. The topological polar surface area (TPSA) is 78.5 Å². The Kier molecular flexibility index (Phi) is 4.80. The minimum atomic E-state index is -0.821. The van der Waals surface area contributed by atoms with E-state index in [1.54, 1.807) is 12.1 Å². The van der Waals surface area contributed by atoms with E-state index in [1.165, 1.54) is 0 Å².